The molecule has 0 saturated heterocycles. The Balaban J connectivity index is 5.30. The molecule has 0 aliphatic rings. The van der Waals surface area contributed by atoms with Crippen molar-refractivity contribution >= 4 is 16.5 Å². The lowest BCUT2D eigenvalue weighted by Crippen LogP contribution is -2.64. The quantitative estimate of drug-likeness (QED) is 0.341. The maximum absolute atomic E-state index is 4.56. The van der Waals surface area contributed by atoms with E-state index in [0.717, 1.165) is 0 Å². The number of hydrogen-bond donors (Lipinski definition) is 1. The van der Waals surface area contributed by atoms with Crippen LogP contribution in [0.3, 0.4) is 0 Å². The Morgan fingerprint density at radius 2 is 0.619 bits per heavy atom. The highest BCUT2D eigenvalue weighted by Crippen LogP contribution is 2.31. The zero-order valence-corrected chi connectivity index (χ0v) is 18.0. The molecule has 0 radical (unpaired) electrons. The van der Waals surface area contributed by atoms with Crippen molar-refractivity contribution in [1.29, 1.82) is 0 Å². The van der Waals surface area contributed by atoms with E-state index in [1.54, 1.807) is 0 Å². The van der Waals surface area contributed by atoms with E-state index in [0.29, 0.717) is 0 Å². The average Bonchev–Trinajstić information content (AvgIpc) is 2.40. The molecule has 128 valence electrons. The van der Waals surface area contributed by atoms with Crippen molar-refractivity contribution in [3.05, 3.63) is 0 Å². The fraction of sp³-hybridized carbons (Fsp3) is 1.00. The van der Waals surface area contributed by atoms with Gasteiger partial charge in [0.1, 0.15) is 16.5 Å². The molecule has 0 spiro atoms. The lowest BCUT2D eigenvalue weighted by Gasteiger charge is -2.44. The maximum atomic E-state index is 4.56. The van der Waals surface area contributed by atoms with Gasteiger partial charge in [-0.2, -0.15) is 0 Å². The first kappa shape index (κ1) is 21.4. The summed E-state index contributed by atoms with van der Waals surface area (Å²) in [6.07, 6.45) is 8.30. The molecule has 0 heterocycles. The summed E-state index contributed by atoms with van der Waals surface area (Å²) in [5, 5.41) is 0. The molecule has 0 saturated carbocycles. The van der Waals surface area contributed by atoms with Gasteiger partial charge in [-0.25, -0.2) is 0 Å². The maximum Gasteiger partial charge on any atom is 0.119 e. The van der Waals surface area contributed by atoms with Crippen LogP contribution in [0.25, 0.3) is 0 Å². The smallest absolute Gasteiger partial charge is 0.119 e. The summed E-state index contributed by atoms with van der Waals surface area (Å²) in [6, 6.07) is 9.09. The van der Waals surface area contributed by atoms with Crippen LogP contribution < -0.4 is 4.65 Å². The molecule has 0 aromatic carbocycles. The van der Waals surface area contributed by atoms with E-state index in [4.69, 9.17) is 0 Å². The third-order valence-corrected chi connectivity index (χ3v) is 17.9. The highest BCUT2D eigenvalue weighted by atomic mass is 28.4. The van der Waals surface area contributed by atoms with Gasteiger partial charge in [0.25, 0.3) is 0 Å². The molecule has 1 N–H and O–H groups in total. The molecule has 3 heteroatoms. The molecular formula is C18H43NSi2. The van der Waals surface area contributed by atoms with E-state index >= 15 is 0 Å². The minimum absolute atomic E-state index is 1.23. The lowest BCUT2D eigenvalue weighted by atomic mass is 10.5. The number of hydrogen-bond acceptors (Lipinski definition) is 1. The molecule has 0 atom stereocenters. The van der Waals surface area contributed by atoms with Gasteiger partial charge < -0.3 is 4.65 Å². The van der Waals surface area contributed by atoms with E-state index in [1.807, 2.05) is 0 Å². The van der Waals surface area contributed by atoms with Gasteiger partial charge >= 0.3 is 0 Å². The number of nitrogens with one attached hydrogen (secondary N) is 1. The Bertz CT molecular complexity index is 185. The third-order valence-electron chi connectivity index (χ3n) is 4.90. The first-order valence-electron chi connectivity index (χ1n) is 9.86. The van der Waals surface area contributed by atoms with Crippen LogP contribution in [-0.2, 0) is 0 Å². The normalized spacial score (nSPS) is 12.9. The Morgan fingerprint density at radius 3 is 0.762 bits per heavy atom. The Labute approximate surface area is 137 Å². The van der Waals surface area contributed by atoms with Gasteiger partial charge in [-0.1, -0.05) is 80.1 Å². The van der Waals surface area contributed by atoms with Crippen LogP contribution >= 0.6 is 0 Å². The summed E-state index contributed by atoms with van der Waals surface area (Å²) in [7, 11) is -2.46. The molecular weight excluding hydrogens is 286 g/mol. The summed E-state index contributed by atoms with van der Waals surface area (Å²) in [6.45, 7) is 14.4. The molecule has 0 rings (SSSR count). The van der Waals surface area contributed by atoms with E-state index < -0.39 is 16.5 Å². The fourth-order valence-electron chi connectivity index (χ4n) is 4.56. The predicted molar refractivity (Wildman–Crippen MR) is 105 cm³/mol. The van der Waals surface area contributed by atoms with E-state index in [9.17, 15) is 0 Å². The van der Waals surface area contributed by atoms with Crippen molar-refractivity contribution < 1.29 is 0 Å². The molecule has 0 unspecified atom stereocenters. The molecule has 0 bridgehead atoms. The first-order valence-corrected chi connectivity index (χ1v) is 15.1. The highest BCUT2D eigenvalue weighted by molar-refractivity contribution is 6.93. The van der Waals surface area contributed by atoms with Crippen molar-refractivity contribution in [3.8, 4) is 0 Å². The summed E-state index contributed by atoms with van der Waals surface area (Å²) in [5.41, 5.74) is 0. The van der Waals surface area contributed by atoms with Gasteiger partial charge in [-0.15, -0.1) is 0 Å². The van der Waals surface area contributed by atoms with Crippen molar-refractivity contribution in [2.75, 3.05) is 0 Å². The van der Waals surface area contributed by atoms with E-state index in [2.05, 4.69) is 46.2 Å². The predicted octanol–water partition coefficient (Wildman–Crippen LogP) is 6.93. The lowest BCUT2D eigenvalue weighted by molar-refractivity contribution is 0.853. The van der Waals surface area contributed by atoms with Crippen LogP contribution in [0.1, 0.15) is 80.1 Å². The van der Waals surface area contributed by atoms with Crippen LogP contribution in [0.15, 0.2) is 0 Å². The summed E-state index contributed by atoms with van der Waals surface area (Å²) in [5.74, 6) is 0. The first-order chi connectivity index (χ1) is 10.1. The minimum Gasteiger partial charge on any atom is -0.359 e. The van der Waals surface area contributed by atoms with Gasteiger partial charge in [-0.3, -0.25) is 0 Å². The SMILES string of the molecule is CCC[Si](CCC)(CCC)N[Si](CCC)(CCC)CCC. The topological polar surface area (TPSA) is 12.0 Å². The molecule has 0 aromatic rings. The summed E-state index contributed by atoms with van der Waals surface area (Å²) < 4.78 is 4.56. The molecule has 0 aliphatic heterocycles. The average molecular weight is 330 g/mol. The summed E-state index contributed by atoms with van der Waals surface area (Å²) in [4.78, 5) is 0. The Kier molecular flexibility index (Phi) is 12.1. The van der Waals surface area contributed by atoms with Crippen molar-refractivity contribution in [2.24, 2.45) is 0 Å². The fourth-order valence-corrected chi connectivity index (χ4v) is 19.3. The molecule has 0 amide bonds. The van der Waals surface area contributed by atoms with E-state index in [-0.39, 0.29) is 0 Å². The largest absolute Gasteiger partial charge is 0.359 e. The molecule has 0 aromatic heterocycles. The van der Waals surface area contributed by atoms with Gasteiger partial charge in [0.2, 0.25) is 0 Å². The van der Waals surface area contributed by atoms with Gasteiger partial charge in [0.05, 0.1) is 0 Å². The highest BCUT2D eigenvalue weighted by Gasteiger charge is 2.40. The van der Waals surface area contributed by atoms with Crippen LogP contribution in [0.4, 0.5) is 0 Å². The van der Waals surface area contributed by atoms with Crippen LogP contribution in [-0.4, -0.2) is 16.5 Å². The third kappa shape index (κ3) is 7.47. The molecule has 1 nitrogen and oxygen atoms in total. The number of rotatable bonds is 14. The van der Waals surface area contributed by atoms with Crippen molar-refractivity contribution in [3.63, 3.8) is 0 Å². The molecule has 0 fully saturated rings. The zero-order chi connectivity index (χ0) is 16.2. The second-order valence-corrected chi connectivity index (χ2v) is 16.3. The van der Waals surface area contributed by atoms with Crippen molar-refractivity contribution in [2.45, 2.75) is 116 Å². The molecule has 0 aliphatic carbocycles. The second kappa shape index (κ2) is 11.9. The van der Waals surface area contributed by atoms with Gasteiger partial charge in [0, 0.05) is 0 Å². The summed E-state index contributed by atoms with van der Waals surface area (Å²) >= 11 is 0. The van der Waals surface area contributed by atoms with Gasteiger partial charge in [-0.05, 0) is 36.3 Å². The second-order valence-electron chi connectivity index (χ2n) is 7.19. The Morgan fingerprint density at radius 1 is 0.429 bits per heavy atom. The minimum atomic E-state index is -1.23. The van der Waals surface area contributed by atoms with Crippen molar-refractivity contribution in [1.82, 2.24) is 4.65 Å². The standard InChI is InChI=1S/C18H43NSi2/c1-7-13-20(14-8-2,15-9-3)19-21(16-10-4,17-11-5)18-12-6/h19H,7-18H2,1-6H3. The van der Waals surface area contributed by atoms with Gasteiger partial charge in [0.15, 0.2) is 0 Å². The monoisotopic (exact) mass is 329 g/mol. The zero-order valence-electron chi connectivity index (χ0n) is 16.0. The Hall–Kier alpha value is 0.394. The van der Waals surface area contributed by atoms with Crippen LogP contribution in [0.2, 0.25) is 36.3 Å². The molecule has 21 heavy (non-hydrogen) atoms. The van der Waals surface area contributed by atoms with Crippen LogP contribution in [0.5, 0.6) is 0 Å². The van der Waals surface area contributed by atoms with E-state index in [1.165, 1.54) is 74.8 Å². The van der Waals surface area contributed by atoms with Crippen LogP contribution in [0, 0.1) is 0 Å².